The molecule has 3 amide bonds. The van der Waals surface area contributed by atoms with Crippen molar-refractivity contribution in [2.75, 3.05) is 13.1 Å². The zero-order chi connectivity index (χ0) is 14.8. The molecular formula is C16H27N3O2. The Morgan fingerprint density at radius 3 is 2.48 bits per heavy atom. The van der Waals surface area contributed by atoms with E-state index in [4.69, 9.17) is 0 Å². The van der Waals surface area contributed by atoms with Gasteiger partial charge in [0.15, 0.2) is 0 Å². The molecule has 5 nitrogen and oxygen atoms in total. The van der Waals surface area contributed by atoms with Crippen LogP contribution in [-0.2, 0) is 4.79 Å². The minimum absolute atomic E-state index is 0.164. The molecule has 118 valence electrons. The molecule has 21 heavy (non-hydrogen) atoms. The van der Waals surface area contributed by atoms with E-state index < -0.39 is 0 Å². The molecule has 3 aliphatic rings. The third-order valence-electron chi connectivity index (χ3n) is 5.40. The monoisotopic (exact) mass is 293 g/mol. The standard InChI is InChI=1S/C16H27N3O2/c1-11(15(20)18-16(21)17-14-6-7-14)19-9-8-12-4-2-3-5-13(12)10-19/h11-14H,2-10H2,1H3,(H2,17,18,20,21)/t11-,12-,13+/m1/s1. The third-order valence-corrected chi connectivity index (χ3v) is 5.40. The van der Waals surface area contributed by atoms with Gasteiger partial charge in [-0.3, -0.25) is 15.0 Å². The normalized spacial score (nSPS) is 31.1. The summed E-state index contributed by atoms with van der Waals surface area (Å²) < 4.78 is 0. The molecule has 1 heterocycles. The van der Waals surface area contributed by atoms with Gasteiger partial charge in [0.25, 0.3) is 0 Å². The van der Waals surface area contributed by atoms with Crippen LogP contribution in [0.4, 0.5) is 4.79 Å². The van der Waals surface area contributed by atoms with Crippen LogP contribution in [0.3, 0.4) is 0 Å². The molecule has 1 saturated heterocycles. The number of carbonyl (C=O) groups excluding carboxylic acids is 2. The maximum Gasteiger partial charge on any atom is 0.321 e. The van der Waals surface area contributed by atoms with E-state index in [9.17, 15) is 9.59 Å². The van der Waals surface area contributed by atoms with Gasteiger partial charge in [0.1, 0.15) is 0 Å². The van der Waals surface area contributed by atoms with Crippen LogP contribution < -0.4 is 10.6 Å². The lowest BCUT2D eigenvalue weighted by Gasteiger charge is -2.43. The Hall–Kier alpha value is -1.10. The molecule has 0 bridgehead atoms. The third kappa shape index (κ3) is 3.76. The fraction of sp³-hybridized carbons (Fsp3) is 0.875. The Balaban J connectivity index is 1.48. The van der Waals surface area contributed by atoms with Crippen LogP contribution in [-0.4, -0.2) is 42.0 Å². The number of hydrogen-bond acceptors (Lipinski definition) is 3. The van der Waals surface area contributed by atoms with Crippen LogP contribution >= 0.6 is 0 Å². The minimum Gasteiger partial charge on any atom is -0.335 e. The van der Waals surface area contributed by atoms with Gasteiger partial charge in [-0.15, -0.1) is 0 Å². The molecule has 0 spiro atoms. The number of nitrogens with one attached hydrogen (secondary N) is 2. The van der Waals surface area contributed by atoms with Gasteiger partial charge < -0.3 is 5.32 Å². The first kappa shape index (κ1) is 14.8. The second kappa shape index (κ2) is 6.34. The molecule has 3 fully saturated rings. The van der Waals surface area contributed by atoms with Crippen molar-refractivity contribution in [2.24, 2.45) is 11.8 Å². The average molecular weight is 293 g/mol. The summed E-state index contributed by atoms with van der Waals surface area (Å²) in [4.78, 5) is 26.1. The number of urea groups is 1. The Morgan fingerprint density at radius 2 is 1.76 bits per heavy atom. The van der Waals surface area contributed by atoms with Gasteiger partial charge in [-0.2, -0.15) is 0 Å². The molecule has 3 rings (SSSR count). The van der Waals surface area contributed by atoms with E-state index in [2.05, 4.69) is 15.5 Å². The lowest BCUT2D eigenvalue weighted by Crippen LogP contribution is -2.53. The van der Waals surface area contributed by atoms with Gasteiger partial charge >= 0.3 is 6.03 Å². The summed E-state index contributed by atoms with van der Waals surface area (Å²) in [6.07, 6.45) is 8.65. The van der Waals surface area contributed by atoms with Crippen molar-refractivity contribution in [3.05, 3.63) is 0 Å². The molecule has 1 aliphatic heterocycles. The van der Waals surface area contributed by atoms with E-state index in [1.807, 2.05) is 6.92 Å². The highest BCUT2D eigenvalue weighted by Gasteiger charge is 2.35. The SMILES string of the molecule is C[C@H](C(=O)NC(=O)NC1CC1)N1CC[C@H]2CCCC[C@H]2C1. The van der Waals surface area contributed by atoms with Crippen molar-refractivity contribution >= 4 is 11.9 Å². The highest BCUT2D eigenvalue weighted by Crippen LogP contribution is 2.36. The molecule has 2 aliphatic carbocycles. The van der Waals surface area contributed by atoms with E-state index in [0.29, 0.717) is 0 Å². The number of fused-ring (bicyclic) bond motifs is 1. The number of likely N-dealkylation sites (tertiary alicyclic amines) is 1. The van der Waals surface area contributed by atoms with Crippen LogP contribution in [0.15, 0.2) is 0 Å². The van der Waals surface area contributed by atoms with Gasteiger partial charge in [0.05, 0.1) is 6.04 Å². The Bertz CT molecular complexity index is 408. The Kier molecular flexibility index (Phi) is 4.48. The zero-order valence-electron chi connectivity index (χ0n) is 12.9. The fourth-order valence-corrected chi connectivity index (χ4v) is 3.81. The summed E-state index contributed by atoms with van der Waals surface area (Å²) in [5.41, 5.74) is 0. The summed E-state index contributed by atoms with van der Waals surface area (Å²) in [7, 11) is 0. The van der Waals surface area contributed by atoms with Crippen LogP contribution in [0.5, 0.6) is 0 Å². The molecule has 3 atom stereocenters. The summed E-state index contributed by atoms with van der Waals surface area (Å²) in [5.74, 6) is 1.45. The molecular weight excluding hydrogens is 266 g/mol. The number of amides is 3. The second-order valence-corrected chi connectivity index (χ2v) is 7.00. The number of hydrogen-bond donors (Lipinski definition) is 2. The summed E-state index contributed by atoms with van der Waals surface area (Å²) >= 11 is 0. The first-order valence-electron chi connectivity index (χ1n) is 8.49. The molecule has 0 aromatic rings. The summed E-state index contributed by atoms with van der Waals surface area (Å²) in [5, 5.41) is 5.29. The first-order chi connectivity index (χ1) is 10.1. The van der Waals surface area contributed by atoms with Gasteiger partial charge in [-0.25, -0.2) is 4.79 Å². The summed E-state index contributed by atoms with van der Waals surface area (Å²) in [6, 6.07) is -0.258. The lowest BCUT2D eigenvalue weighted by molar-refractivity contribution is -0.126. The predicted molar refractivity (Wildman–Crippen MR) is 80.8 cm³/mol. The molecule has 0 aromatic carbocycles. The fourth-order valence-electron chi connectivity index (χ4n) is 3.81. The Morgan fingerprint density at radius 1 is 1.05 bits per heavy atom. The number of carbonyl (C=O) groups is 2. The van der Waals surface area contributed by atoms with Gasteiger partial charge in [0.2, 0.25) is 5.91 Å². The molecule has 0 aromatic heterocycles. The first-order valence-corrected chi connectivity index (χ1v) is 8.49. The highest BCUT2D eigenvalue weighted by molar-refractivity contribution is 5.97. The van der Waals surface area contributed by atoms with E-state index >= 15 is 0 Å². The largest absolute Gasteiger partial charge is 0.335 e. The molecule has 2 saturated carbocycles. The van der Waals surface area contributed by atoms with Gasteiger partial charge in [0, 0.05) is 12.6 Å². The zero-order valence-corrected chi connectivity index (χ0v) is 12.9. The van der Waals surface area contributed by atoms with Gasteiger partial charge in [-0.1, -0.05) is 19.3 Å². The molecule has 0 unspecified atom stereocenters. The van der Waals surface area contributed by atoms with Crippen LogP contribution in [0.25, 0.3) is 0 Å². The predicted octanol–water partition coefficient (Wildman–Crippen LogP) is 1.88. The summed E-state index contributed by atoms with van der Waals surface area (Å²) in [6.45, 7) is 3.92. The van der Waals surface area contributed by atoms with Crippen molar-refractivity contribution in [1.29, 1.82) is 0 Å². The van der Waals surface area contributed by atoms with Crippen molar-refractivity contribution < 1.29 is 9.59 Å². The number of piperidine rings is 1. The molecule has 0 radical (unpaired) electrons. The van der Waals surface area contributed by atoms with Crippen molar-refractivity contribution in [1.82, 2.24) is 15.5 Å². The van der Waals surface area contributed by atoms with E-state index in [1.54, 1.807) is 0 Å². The topological polar surface area (TPSA) is 61.4 Å². The molecule has 5 heteroatoms. The van der Waals surface area contributed by atoms with Gasteiger partial charge in [-0.05, 0) is 51.0 Å². The maximum absolute atomic E-state index is 12.2. The number of imide groups is 1. The van der Waals surface area contributed by atoms with E-state index in [1.165, 1.54) is 32.1 Å². The number of nitrogens with zero attached hydrogens (tertiary/aromatic N) is 1. The quantitative estimate of drug-likeness (QED) is 0.835. The van der Waals surface area contributed by atoms with Crippen molar-refractivity contribution in [3.8, 4) is 0 Å². The van der Waals surface area contributed by atoms with E-state index in [-0.39, 0.29) is 24.0 Å². The highest BCUT2D eigenvalue weighted by atomic mass is 16.2. The van der Waals surface area contributed by atoms with Crippen LogP contribution in [0.2, 0.25) is 0 Å². The maximum atomic E-state index is 12.2. The second-order valence-electron chi connectivity index (χ2n) is 7.00. The Labute approximate surface area is 126 Å². The minimum atomic E-state index is -0.332. The van der Waals surface area contributed by atoms with Crippen molar-refractivity contribution in [3.63, 3.8) is 0 Å². The van der Waals surface area contributed by atoms with Crippen LogP contribution in [0.1, 0.15) is 51.9 Å². The van der Waals surface area contributed by atoms with Crippen molar-refractivity contribution in [2.45, 2.75) is 64.0 Å². The van der Waals surface area contributed by atoms with E-state index in [0.717, 1.165) is 37.8 Å². The molecule has 2 N–H and O–H groups in total. The van der Waals surface area contributed by atoms with Crippen LogP contribution in [0, 0.1) is 11.8 Å². The number of rotatable bonds is 3. The average Bonchev–Trinajstić information content (AvgIpc) is 3.29. The lowest BCUT2D eigenvalue weighted by atomic mass is 9.75. The smallest absolute Gasteiger partial charge is 0.321 e.